The molecule has 7 nitrogen and oxygen atoms in total. The van der Waals surface area contributed by atoms with Crippen LogP contribution < -0.4 is 5.32 Å². The number of imide groups is 2. The van der Waals surface area contributed by atoms with Gasteiger partial charge < -0.3 is 5.32 Å². The SMILES string of the molecule is CN1C(=O)N(CC(=O)C2CNCC3(CCCCCCCC3)C2)C(=O)C(C)(C2=CCCCC2)C1=O. The van der Waals surface area contributed by atoms with Crippen LogP contribution in [0.5, 0.6) is 0 Å². The largest absolute Gasteiger partial charge is 0.333 e. The zero-order valence-electron chi connectivity index (χ0n) is 21.0. The summed E-state index contributed by atoms with van der Waals surface area (Å²) in [5, 5.41) is 3.51. The van der Waals surface area contributed by atoms with Gasteiger partial charge in [0.15, 0.2) is 5.78 Å². The molecule has 1 spiro atoms. The molecule has 1 N–H and O–H groups in total. The zero-order valence-corrected chi connectivity index (χ0v) is 21.0. The summed E-state index contributed by atoms with van der Waals surface area (Å²) in [6.45, 7) is 2.92. The number of urea groups is 1. The fourth-order valence-corrected chi connectivity index (χ4v) is 6.66. The molecule has 1 saturated carbocycles. The Balaban J connectivity index is 1.50. The summed E-state index contributed by atoms with van der Waals surface area (Å²) >= 11 is 0. The van der Waals surface area contributed by atoms with Crippen LogP contribution in [0.25, 0.3) is 0 Å². The highest BCUT2D eigenvalue weighted by Gasteiger charge is 2.55. The van der Waals surface area contributed by atoms with E-state index >= 15 is 0 Å². The van der Waals surface area contributed by atoms with Gasteiger partial charge in [-0.05, 0) is 62.9 Å². The minimum atomic E-state index is -1.40. The second kappa shape index (κ2) is 10.3. The predicted molar refractivity (Wildman–Crippen MR) is 130 cm³/mol. The van der Waals surface area contributed by atoms with Crippen molar-refractivity contribution in [3.63, 3.8) is 0 Å². The van der Waals surface area contributed by atoms with Gasteiger partial charge in [-0.25, -0.2) is 4.79 Å². The van der Waals surface area contributed by atoms with Crippen LogP contribution in [0.1, 0.15) is 90.4 Å². The number of barbiturate groups is 1. The van der Waals surface area contributed by atoms with Gasteiger partial charge in [-0.1, -0.05) is 44.6 Å². The van der Waals surface area contributed by atoms with Crippen molar-refractivity contribution in [3.8, 4) is 0 Å². The van der Waals surface area contributed by atoms with Crippen molar-refractivity contribution in [2.75, 3.05) is 26.7 Å². The number of hydrogen-bond acceptors (Lipinski definition) is 5. The lowest BCUT2D eigenvalue weighted by Gasteiger charge is -2.44. The summed E-state index contributed by atoms with van der Waals surface area (Å²) in [5.74, 6) is -1.31. The van der Waals surface area contributed by atoms with Crippen molar-refractivity contribution in [2.24, 2.45) is 16.7 Å². The molecule has 0 aromatic rings. The van der Waals surface area contributed by atoms with Crippen LogP contribution >= 0.6 is 0 Å². The molecule has 34 heavy (non-hydrogen) atoms. The van der Waals surface area contributed by atoms with E-state index in [0.717, 1.165) is 60.4 Å². The summed E-state index contributed by atoms with van der Waals surface area (Å²) < 4.78 is 0. The monoisotopic (exact) mass is 471 g/mol. The number of Topliss-reactive ketones (excluding diaryl/α,β-unsaturated/α-hetero) is 1. The maximum Gasteiger partial charge on any atom is 0.333 e. The van der Waals surface area contributed by atoms with E-state index in [-0.39, 0.29) is 23.7 Å². The third-order valence-corrected chi connectivity index (χ3v) is 8.86. The van der Waals surface area contributed by atoms with E-state index in [1.54, 1.807) is 6.92 Å². The van der Waals surface area contributed by atoms with Crippen LogP contribution in [0.15, 0.2) is 11.6 Å². The van der Waals surface area contributed by atoms with Crippen molar-refractivity contribution in [1.29, 1.82) is 0 Å². The number of rotatable bonds is 4. The Hall–Kier alpha value is -2.02. The average molecular weight is 472 g/mol. The lowest BCUT2D eigenvalue weighted by Crippen LogP contribution is -2.65. The maximum atomic E-state index is 13.6. The van der Waals surface area contributed by atoms with Gasteiger partial charge in [0.05, 0.1) is 6.54 Å². The molecule has 2 heterocycles. The molecule has 0 aromatic carbocycles. The topological polar surface area (TPSA) is 86.8 Å². The normalized spacial score (nSPS) is 31.1. The first-order chi connectivity index (χ1) is 16.3. The highest BCUT2D eigenvalue weighted by atomic mass is 16.2. The Morgan fingerprint density at radius 3 is 2.32 bits per heavy atom. The molecule has 2 atom stereocenters. The van der Waals surface area contributed by atoms with Crippen molar-refractivity contribution in [3.05, 3.63) is 11.6 Å². The Kier molecular flexibility index (Phi) is 7.60. The number of allylic oxidation sites excluding steroid dienone is 1. The third-order valence-electron chi connectivity index (χ3n) is 8.86. The van der Waals surface area contributed by atoms with E-state index < -0.39 is 23.3 Å². The summed E-state index contributed by atoms with van der Waals surface area (Å²) in [6, 6.07) is -0.682. The maximum absolute atomic E-state index is 13.6. The molecule has 0 aromatic heterocycles. The molecule has 188 valence electrons. The summed E-state index contributed by atoms with van der Waals surface area (Å²) in [7, 11) is 1.42. The molecule has 2 saturated heterocycles. The van der Waals surface area contributed by atoms with Gasteiger partial charge in [-0.3, -0.25) is 24.2 Å². The van der Waals surface area contributed by atoms with E-state index in [2.05, 4.69) is 5.32 Å². The number of amides is 4. The number of nitrogens with zero attached hydrogens (tertiary/aromatic N) is 2. The summed E-state index contributed by atoms with van der Waals surface area (Å²) in [4.78, 5) is 55.2. The zero-order chi connectivity index (χ0) is 24.3. The van der Waals surface area contributed by atoms with Gasteiger partial charge in [0.2, 0.25) is 5.91 Å². The van der Waals surface area contributed by atoms with Crippen molar-refractivity contribution in [2.45, 2.75) is 90.4 Å². The van der Waals surface area contributed by atoms with Gasteiger partial charge in [0, 0.05) is 26.1 Å². The van der Waals surface area contributed by atoms with Crippen molar-refractivity contribution < 1.29 is 19.2 Å². The van der Waals surface area contributed by atoms with Gasteiger partial charge >= 0.3 is 6.03 Å². The van der Waals surface area contributed by atoms with Crippen LogP contribution in [-0.2, 0) is 14.4 Å². The fraction of sp³-hybridized carbons (Fsp3) is 0.778. The van der Waals surface area contributed by atoms with Gasteiger partial charge in [0.1, 0.15) is 5.41 Å². The van der Waals surface area contributed by atoms with Crippen molar-refractivity contribution >= 4 is 23.6 Å². The first-order valence-corrected chi connectivity index (χ1v) is 13.4. The van der Waals surface area contributed by atoms with E-state index in [1.807, 2.05) is 6.08 Å². The molecule has 3 fully saturated rings. The molecule has 7 heteroatoms. The molecular weight excluding hydrogens is 430 g/mol. The number of carbonyl (C=O) groups is 4. The number of ketones is 1. The quantitative estimate of drug-likeness (QED) is 0.490. The first-order valence-electron chi connectivity index (χ1n) is 13.4. The molecular formula is C27H41N3O4. The smallest absolute Gasteiger partial charge is 0.315 e. The Labute approximate surface area is 203 Å². The lowest BCUT2D eigenvalue weighted by molar-refractivity contribution is -0.155. The van der Waals surface area contributed by atoms with Crippen LogP contribution in [0, 0.1) is 16.7 Å². The number of piperidine rings is 1. The standard InChI is InChI=1S/C27H41N3O4/c1-26(21-12-8-7-9-13-21)23(32)29(2)25(34)30(24(26)33)18-22(31)20-16-27(19-28-17-20)14-10-5-3-4-6-11-15-27/h12,20,28H,3-11,13-19H2,1-2H3. The lowest BCUT2D eigenvalue weighted by atomic mass is 9.69. The second-order valence-corrected chi connectivity index (χ2v) is 11.3. The highest BCUT2D eigenvalue weighted by molar-refractivity contribution is 6.21. The van der Waals surface area contributed by atoms with Crippen LogP contribution in [-0.4, -0.2) is 60.1 Å². The van der Waals surface area contributed by atoms with E-state index in [0.29, 0.717) is 13.0 Å². The number of nitrogens with one attached hydrogen (secondary N) is 1. The number of carbonyl (C=O) groups excluding carboxylic acids is 4. The molecule has 2 aliphatic carbocycles. The Bertz CT molecular complexity index is 856. The molecule has 4 rings (SSSR count). The van der Waals surface area contributed by atoms with E-state index in [9.17, 15) is 19.2 Å². The third kappa shape index (κ3) is 4.73. The summed E-state index contributed by atoms with van der Waals surface area (Å²) in [6.07, 6.45) is 16.0. The molecule has 4 amide bonds. The first kappa shape index (κ1) is 25.1. The number of hydrogen-bond donors (Lipinski definition) is 1. The van der Waals surface area contributed by atoms with Gasteiger partial charge in [-0.2, -0.15) is 0 Å². The Morgan fingerprint density at radius 1 is 1.00 bits per heavy atom. The molecule has 4 aliphatic rings. The van der Waals surface area contributed by atoms with E-state index in [4.69, 9.17) is 0 Å². The van der Waals surface area contributed by atoms with Crippen LogP contribution in [0.4, 0.5) is 4.79 Å². The van der Waals surface area contributed by atoms with E-state index in [1.165, 1.54) is 45.6 Å². The average Bonchev–Trinajstić information content (AvgIpc) is 2.97. The Morgan fingerprint density at radius 2 is 1.68 bits per heavy atom. The van der Waals surface area contributed by atoms with Crippen LogP contribution in [0.3, 0.4) is 0 Å². The van der Waals surface area contributed by atoms with Crippen LogP contribution in [0.2, 0.25) is 0 Å². The molecule has 0 bridgehead atoms. The minimum Gasteiger partial charge on any atom is -0.315 e. The van der Waals surface area contributed by atoms with Gasteiger partial charge in [-0.15, -0.1) is 0 Å². The molecule has 0 radical (unpaired) electrons. The van der Waals surface area contributed by atoms with Crippen molar-refractivity contribution in [1.82, 2.24) is 15.1 Å². The molecule has 2 aliphatic heterocycles. The minimum absolute atomic E-state index is 0.0733. The fourth-order valence-electron chi connectivity index (χ4n) is 6.66. The highest BCUT2D eigenvalue weighted by Crippen LogP contribution is 2.42. The predicted octanol–water partition coefficient (Wildman–Crippen LogP) is 4.21. The molecule has 2 unspecified atom stereocenters. The summed E-state index contributed by atoms with van der Waals surface area (Å²) in [5.41, 5.74) is -0.477. The van der Waals surface area contributed by atoms with Gasteiger partial charge in [0.25, 0.3) is 5.91 Å². The second-order valence-electron chi connectivity index (χ2n) is 11.3.